The zero-order valence-corrected chi connectivity index (χ0v) is 26.2. The van der Waals surface area contributed by atoms with Gasteiger partial charge in [-0.3, -0.25) is 0 Å². The van der Waals surface area contributed by atoms with E-state index in [1.54, 1.807) is 19.3 Å². The molecule has 4 heterocycles. The van der Waals surface area contributed by atoms with Crippen molar-refractivity contribution < 1.29 is 22.3 Å². The van der Waals surface area contributed by atoms with Gasteiger partial charge in [-0.25, -0.2) is 27.5 Å². The molecule has 2 fully saturated rings. The van der Waals surface area contributed by atoms with E-state index in [4.69, 9.17) is 4.74 Å². The number of pyridine rings is 1. The molecule has 14 heteroatoms. The van der Waals surface area contributed by atoms with Gasteiger partial charge in [0.15, 0.2) is 5.82 Å². The highest BCUT2D eigenvalue weighted by Gasteiger charge is 2.58. The summed E-state index contributed by atoms with van der Waals surface area (Å²) in [6.07, 6.45) is 3.75. The van der Waals surface area contributed by atoms with E-state index in [9.17, 15) is 13.2 Å². The lowest BCUT2D eigenvalue weighted by Crippen LogP contribution is -2.47. The third-order valence-electron chi connectivity index (χ3n) is 8.25. The number of hydrogen-bond acceptors (Lipinski definition) is 7. The summed E-state index contributed by atoms with van der Waals surface area (Å²) in [6.45, 7) is 8.70. The smallest absolute Gasteiger partial charge is 0.249 e. The Morgan fingerprint density at radius 2 is 1.84 bits per heavy atom. The van der Waals surface area contributed by atoms with E-state index in [-0.39, 0.29) is 36.1 Å². The zero-order chi connectivity index (χ0) is 31.3. The lowest BCUT2D eigenvalue weighted by molar-refractivity contribution is -0.152. The van der Waals surface area contributed by atoms with Crippen LogP contribution in [0.3, 0.4) is 0 Å². The normalized spacial score (nSPS) is 17.3. The van der Waals surface area contributed by atoms with Crippen molar-refractivity contribution in [3.8, 4) is 22.5 Å². The molecule has 44 heavy (non-hydrogen) atoms. The Balaban J connectivity index is 1.09. The summed E-state index contributed by atoms with van der Waals surface area (Å²) in [5.74, 6) is -2.40. The number of nitrogens with zero attached hydrogens (tertiary/aromatic N) is 7. The Bertz CT molecular complexity index is 1640. The molecule has 0 radical (unpaired) electrons. The molecular formula is C30H36F4N8OSi. The Morgan fingerprint density at radius 1 is 1.05 bits per heavy atom. The highest BCUT2D eigenvalue weighted by molar-refractivity contribution is 6.76. The van der Waals surface area contributed by atoms with Gasteiger partial charge >= 0.3 is 0 Å². The molecule has 234 valence electrons. The topological polar surface area (TPSA) is 85.9 Å². The maximum Gasteiger partial charge on any atom is 0.249 e. The number of benzene rings is 1. The number of aromatic nitrogens is 6. The number of anilines is 3. The molecule has 1 spiro atoms. The standard InChI is InChI=1S/C30H36F4N8OSi/c1-40-28(37-27(39-40)20-5-8-25(35-14-20)41-10-9-29(18-41)16-30(33,34)17-29)36-21-6-7-22(24(31)13-21)23-15-42(38-26(23)32)19-43-11-12-44(2,3)4/h5-8,13-15H,9-12,16-19H2,1-4H3,(H,36,37,39). The van der Waals surface area contributed by atoms with Crippen molar-refractivity contribution in [2.24, 2.45) is 12.5 Å². The molecule has 2 aliphatic rings. The maximum atomic E-state index is 15.2. The van der Waals surface area contributed by atoms with Crippen molar-refractivity contribution in [1.82, 2.24) is 29.5 Å². The van der Waals surface area contributed by atoms with Gasteiger partial charge in [-0.1, -0.05) is 19.6 Å². The molecule has 6 rings (SSSR count). The molecule has 4 aromatic rings. The largest absolute Gasteiger partial charge is 0.360 e. The number of alkyl halides is 2. The van der Waals surface area contributed by atoms with Crippen molar-refractivity contribution in [2.75, 3.05) is 29.9 Å². The highest BCUT2D eigenvalue weighted by Crippen LogP contribution is 2.56. The second-order valence-corrected chi connectivity index (χ2v) is 18.8. The summed E-state index contributed by atoms with van der Waals surface area (Å²) >= 11 is 0. The molecule has 0 atom stereocenters. The highest BCUT2D eigenvalue weighted by atomic mass is 28.3. The Labute approximate surface area is 254 Å². The molecule has 1 saturated carbocycles. The van der Waals surface area contributed by atoms with E-state index in [1.807, 2.05) is 12.1 Å². The maximum absolute atomic E-state index is 15.2. The predicted octanol–water partition coefficient (Wildman–Crippen LogP) is 6.70. The number of rotatable bonds is 10. The molecule has 0 bridgehead atoms. The van der Waals surface area contributed by atoms with Crippen LogP contribution in [0.2, 0.25) is 25.7 Å². The summed E-state index contributed by atoms with van der Waals surface area (Å²) in [7, 11) is 0.462. The predicted molar refractivity (Wildman–Crippen MR) is 163 cm³/mol. The summed E-state index contributed by atoms with van der Waals surface area (Å²) < 4.78 is 65.2. The van der Waals surface area contributed by atoms with Gasteiger partial charge in [0.05, 0.1) is 5.56 Å². The molecule has 1 aliphatic carbocycles. The summed E-state index contributed by atoms with van der Waals surface area (Å²) in [5, 5.41) is 11.4. The minimum Gasteiger partial charge on any atom is -0.360 e. The van der Waals surface area contributed by atoms with E-state index in [0.717, 1.165) is 18.3 Å². The van der Waals surface area contributed by atoms with E-state index < -0.39 is 25.8 Å². The van der Waals surface area contributed by atoms with Gasteiger partial charge in [-0.15, -0.1) is 10.2 Å². The molecule has 1 aromatic carbocycles. The van der Waals surface area contributed by atoms with E-state index >= 15 is 4.39 Å². The summed E-state index contributed by atoms with van der Waals surface area (Å²) in [4.78, 5) is 11.1. The van der Waals surface area contributed by atoms with Crippen LogP contribution in [0, 0.1) is 17.2 Å². The van der Waals surface area contributed by atoms with Crippen molar-refractivity contribution in [1.29, 1.82) is 0 Å². The van der Waals surface area contributed by atoms with E-state index in [2.05, 4.69) is 50.0 Å². The van der Waals surface area contributed by atoms with Gasteiger partial charge in [0.1, 0.15) is 18.4 Å². The number of halogens is 4. The second-order valence-electron chi connectivity index (χ2n) is 13.2. The third-order valence-corrected chi connectivity index (χ3v) is 9.95. The lowest BCUT2D eigenvalue weighted by Gasteiger charge is -2.44. The molecule has 9 nitrogen and oxygen atoms in total. The van der Waals surface area contributed by atoms with Crippen LogP contribution >= 0.6 is 0 Å². The molecule has 0 unspecified atom stereocenters. The van der Waals surface area contributed by atoms with Crippen LogP contribution in [-0.2, 0) is 18.5 Å². The monoisotopic (exact) mass is 628 g/mol. The molecule has 3 aromatic heterocycles. The molecule has 1 aliphatic heterocycles. The minimum atomic E-state index is -2.54. The molecule has 1 N–H and O–H groups in total. The Hall–Kier alpha value is -3.78. The van der Waals surface area contributed by atoms with E-state index in [0.29, 0.717) is 42.7 Å². The quantitative estimate of drug-likeness (QED) is 0.119. The first-order chi connectivity index (χ1) is 20.8. The molecular weight excluding hydrogens is 592 g/mol. The fourth-order valence-electron chi connectivity index (χ4n) is 5.91. The average Bonchev–Trinajstić information content (AvgIpc) is 3.63. The average molecular weight is 629 g/mol. The number of nitrogens with one attached hydrogen (secondary N) is 1. The second kappa shape index (κ2) is 11.3. The summed E-state index contributed by atoms with van der Waals surface area (Å²) in [5.41, 5.74) is 0.923. The first-order valence-electron chi connectivity index (χ1n) is 14.7. The lowest BCUT2D eigenvalue weighted by atomic mass is 9.65. The summed E-state index contributed by atoms with van der Waals surface area (Å²) in [6, 6.07) is 9.07. The molecule has 0 amide bonds. The fraction of sp³-hybridized carbons (Fsp3) is 0.467. The van der Waals surface area contributed by atoms with Crippen LogP contribution in [0.25, 0.3) is 22.5 Å². The van der Waals surface area contributed by atoms with Crippen LogP contribution in [0.5, 0.6) is 0 Å². The van der Waals surface area contributed by atoms with Crippen molar-refractivity contribution >= 4 is 25.5 Å². The van der Waals surface area contributed by atoms with Crippen LogP contribution in [0.1, 0.15) is 19.3 Å². The third kappa shape index (κ3) is 6.50. The van der Waals surface area contributed by atoms with Gasteiger partial charge < -0.3 is 15.0 Å². The minimum absolute atomic E-state index is 0.0504. The first kappa shape index (κ1) is 30.3. The molecule has 1 saturated heterocycles. The Morgan fingerprint density at radius 3 is 2.52 bits per heavy atom. The van der Waals surface area contributed by atoms with Gasteiger partial charge in [-0.2, -0.15) is 9.37 Å². The first-order valence-corrected chi connectivity index (χ1v) is 18.4. The van der Waals surface area contributed by atoms with Gasteiger partial charge in [0, 0.05) is 82.3 Å². The van der Waals surface area contributed by atoms with Gasteiger partial charge in [0.2, 0.25) is 17.8 Å². The zero-order valence-electron chi connectivity index (χ0n) is 25.2. The van der Waals surface area contributed by atoms with Crippen molar-refractivity contribution in [3.05, 3.63) is 54.5 Å². The van der Waals surface area contributed by atoms with Crippen LogP contribution in [0.4, 0.5) is 35.0 Å². The van der Waals surface area contributed by atoms with Crippen LogP contribution in [-0.4, -0.2) is 63.2 Å². The van der Waals surface area contributed by atoms with Gasteiger partial charge in [0.25, 0.3) is 0 Å². The van der Waals surface area contributed by atoms with Gasteiger partial charge in [-0.05, 0) is 42.8 Å². The number of aryl methyl sites for hydroxylation is 1. The SMILES string of the molecule is Cn1nc(-c2ccc(N3CCC4(C3)CC(F)(F)C4)nc2)nc1Nc1ccc(-c2cn(COCC[Si](C)(C)C)nc2F)c(F)c1. The van der Waals surface area contributed by atoms with E-state index in [1.165, 1.54) is 27.7 Å². The number of ether oxygens (including phenoxy) is 1. The number of hydrogen-bond donors (Lipinski definition) is 1. The van der Waals surface area contributed by atoms with Crippen LogP contribution < -0.4 is 10.2 Å². The van der Waals surface area contributed by atoms with Crippen molar-refractivity contribution in [3.63, 3.8) is 0 Å². The van der Waals surface area contributed by atoms with Crippen molar-refractivity contribution in [2.45, 2.75) is 57.6 Å². The van der Waals surface area contributed by atoms with Crippen LogP contribution in [0.15, 0.2) is 42.7 Å². The Kier molecular flexibility index (Phi) is 7.76. The fourth-order valence-corrected chi connectivity index (χ4v) is 6.66.